The molecule has 0 bridgehead atoms. The van der Waals surface area contributed by atoms with Crippen molar-refractivity contribution >= 4 is 34.8 Å². The molecule has 2 aromatic heterocycles. The van der Waals surface area contributed by atoms with Gasteiger partial charge in [-0.05, 0) is 42.0 Å². The molecular formula is C23H16ClN5O2. The van der Waals surface area contributed by atoms with E-state index in [1.165, 1.54) is 6.07 Å². The summed E-state index contributed by atoms with van der Waals surface area (Å²) in [7, 11) is 0. The van der Waals surface area contributed by atoms with Gasteiger partial charge < -0.3 is 5.32 Å². The van der Waals surface area contributed by atoms with Crippen LogP contribution in [-0.4, -0.2) is 20.9 Å². The van der Waals surface area contributed by atoms with Crippen LogP contribution >= 0.6 is 11.6 Å². The van der Waals surface area contributed by atoms with E-state index in [0.29, 0.717) is 33.3 Å². The minimum absolute atomic E-state index is 0.0360. The van der Waals surface area contributed by atoms with Gasteiger partial charge in [0.2, 0.25) is 0 Å². The van der Waals surface area contributed by atoms with E-state index < -0.39 is 4.92 Å². The number of anilines is 1. The fraction of sp³-hybridized carbons (Fsp3) is 0.0435. The summed E-state index contributed by atoms with van der Waals surface area (Å²) in [6, 6.07) is 21.3. The van der Waals surface area contributed by atoms with Crippen LogP contribution in [0, 0.1) is 21.4 Å². The van der Waals surface area contributed by atoms with Crippen molar-refractivity contribution < 1.29 is 4.92 Å². The maximum atomic E-state index is 11.6. The van der Waals surface area contributed by atoms with Crippen molar-refractivity contribution in [3.63, 3.8) is 0 Å². The van der Waals surface area contributed by atoms with Crippen molar-refractivity contribution in [2.75, 3.05) is 11.9 Å². The van der Waals surface area contributed by atoms with Crippen LogP contribution in [0.25, 0.3) is 23.0 Å². The lowest BCUT2D eigenvalue weighted by Crippen LogP contribution is -2.07. The number of nitrogens with one attached hydrogen (secondary N) is 1. The molecule has 0 saturated heterocycles. The second-order valence-electron chi connectivity index (χ2n) is 6.70. The third kappa shape index (κ3) is 4.25. The van der Waals surface area contributed by atoms with Crippen molar-refractivity contribution in [1.29, 1.82) is 5.26 Å². The number of rotatable bonds is 6. The highest BCUT2D eigenvalue weighted by Crippen LogP contribution is 2.35. The standard InChI is InChI=1S/C23H16ClN5O2/c24-18-10-8-16(9-11-18)13-17(14-25)15-26-23-22(27-21-7-3-4-12-28(21)23)19-5-1-2-6-20(19)29(30)31/h1-13,26H,15H2/b17-13+. The van der Waals surface area contributed by atoms with E-state index in [4.69, 9.17) is 11.6 Å². The summed E-state index contributed by atoms with van der Waals surface area (Å²) in [6.07, 6.45) is 3.58. The van der Waals surface area contributed by atoms with Gasteiger partial charge in [0.15, 0.2) is 0 Å². The summed E-state index contributed by atoms with van der Waals surface area (Å²) in [5, 5.41) is 25.0. The number of pyridine rings is 1. The summed E-state index contributed by atoms with van der Waals surface area (Å²) in [5.74, 6) is 0.571. The Bertz CT molecular complexity index is 1340. The molecule has 0 fully saturated rings. The van der Waals surface area contributed by atoms with Crippen LogP contribution in [0.1, 0.15) is 5.56 Å². The zero-order valence-electron chi connectivity index (χ0n) is 16.2. The van der Waals surface area contributed by atoms with E-state index in [1.54, 1.807) is 36.4 Å². The summed E-state index contributed by atoms with van der Waals surface area (Å²) < 4.78 is 1.81. The normalized spacial score (nSPS) is 11.3. The Balaban J connectivity index is 1.74. The number of para-hydroxylation sites is 1. The number of nitro benzene ring substituents is 1. The Morgan fingerprint density at radius 3 is 2.65 bits per heavy atom. The lowest BCUT2D eigenvalue weighted by molar-refractivity contribution is -0.384. The summed E-state index contributed by atoms with van der Waals surface area (Å²) in [6.45, 7) is 0.218. The Morgan fingerprint density at radius 2 is 1.90 bits per heavy atom. The predicted molar refractivity (Wildman–Crippen MR) is 121 cm³/mol. The average molecular weight is 430 g/mol. The Labute approximate surface area is 183 Å². The highest BCUT2D eigenvalue weighted by molar-refractivity contribution is 6.30. The second-order valence-corrected chi connectivity index (χ2v) is 7.14. The monoisotopic (exact) mass is 429 g/mol. The summed E-state index contributed by atoms with van der Waals surface area (Å²) in [5.41, 5.74) is 2.78. The lowest BCUT2D eigenvalue weighted by Gasteiger charge is -2.09. The molecule has 4 rings (SSSR count). The SMILES string of the molecule is N#C/C(=C\c1ccc(Cl)cc1)CNc1c(-c2ccccc2[N+](=O)[O-])nc2ccccn12. The molecule has 2 aromatic carbocycles. The average Bonchev–Trinajstić information content (AvgIpc) is 3.16. The largest absolute Gasteiger partial charge is 0.365 e. The fourth-order valence-corrected chi connectivity index (χ4v) is 3.37. The van der Waals surface area contributed by atoms with Crippen LogP contribution in [0.2, 0.25) is 5.02 Å². The zero-order chi connectivity index (χ0) is 21.8. The van der Waals surface area contributed by atoms with Gasteiger partial charge in [-0.15, -0.1) is 0 Å². The number of nitriles is 1. The molecule has 0 aliphatic rings. The van der Waals surface area contributed by atoms with Crippen LogP contribution in [0.5, 0.6) is 0 Å². The van der Waals surface area contributed by atoms with Gasteiger partial charge in [-0.3, -0.25) is 14.5 Å². The summed E-state index contributed by atoms with van der Waals surface area (Å²) in [4.78, 5) is 15.7. The second kappa shape index (κ2) is 8.69. The molecule has 4 aromatic rings. The molecule has 8 heteroatoms. The first-order valence-electron chi connectivity index (χ1n) is 9.38. The van der Waals surface area contributed by atoms with Crippen LogP contribution in [0.15, 0.2) is 78.5 Å². The topological polar surface area (TPSA) is 96.3 Å². The zero-order valence-corrected chi connectivity index (χ0v) is 17.0. The van der Waals surface area contributed by atoms with Crippen molar-refractivity contribution in [1.82, 2.24) is 9.38 Å². The molecule has 0 aliphatic heterocycles. The number of nitrogens with zero attached hydrogens (tertiary/aromatic N) is 4. The quantitative estimate of drug-likeness (QED) is 0.245. The van der Waals surface area contributed by atoms with E-state index >= 15 is 0 Å². The first-order chi connectivity index (χ1) is 15.1. The molecule has 0 radical (unpaired) electrons. The molecule has 2 heterocycles. The third-order valence-electron chi connectivity index (χ3n) is 4.69. The number of fused-ring (bicyclic) bond motifs is 1. The maximum absolute atomic E-state index is 11.6. The molecule has 31 heavy (non-hydrogen) atoms. The van der Waals surface area contributed by atoms with Crippen LogP contribution in [0.4, 0.5) is 11.5 Å². The number of hydrogen-bond donors (Lipinski definition) is 1. The minimum Gasteiger partial charge on any atom is -0.365 e. The number of hydrogen-bond acceptors (Lipinski definition) is 5. The number of halogens is 1. The van der Waals surface area contributed by atoms with E-state index in [9.17, 15) is 15.4 Å². The smallest absolute Gasteiger partial charge is 0.278 e. The van der Waals surface area contributed by atoms with Gasteiger partial charge >= 0.3 is 0 Å². The minimum atomic E-state index is -0.426. The first kappa shape index (κ1) is 20.1. The molecule has 152 valence electrons. The molecule has 1 N–H and O–H groups in total. The molecule has 0 saturated carbocycles. The van der Waals surface area contributed by atoms with Gasteiger partial charge in [0.05, 0.1) is 23.1 Å². The van der Waals surface area contributed by atoms with Crippen LogP contribution in [-0.2, 0) is 0 Å². The van der Waals surface area contributed by atoms with Crippen molar-refractivity contribution in [2.24, 2.45) is 0 Å². The Morgan fingerprint density at radius 1 is 1.16 bits per heavy atom. The maximum Gasteiger partial charge on any atom is 0.278 e. The Hall–Kier alpha value is -4.15. The van der Waals surface area contributed by atoms with E-state index in [-0.39, 0.29) is 12.2 Å². The van der Waals surface area contributed by atoms with Gasteiger partial charge in [-0.25, -0.2) is 4.98 Å². The van der Waals surface area contributed by atoms with Crippen LogP contribution < -0.4 is 5.32 Å². The number of aromatic nitrogens is 2. The molecule has 0 amide bonds. The molecular weight excluding hydrogens is 414 g/mol. The first-order valence-corrected chi connectivity index (χ1v) is 9.75. The van der Waals surface area contributed by atoms with E-state index in [1.807, 2.05) is 40.9 Å². The van der Waals surface area contributed by atoms with E-state index in [0.717, 1.165) is 5.56 Å². The summed E-state index contributed by atoms with van der Waals surface area (Å²) >= 11 is 5.92. The van der Waals surface area contributed by atoms with Gasteiger partial charge in [-0.2, -0.15) is 5.26 Å². The van der Waals surface area contributed by atoms with Crippen LogP contribution in [0.3, 0.4) is 0 Å². The number of nitro groups is 1. The Kier molecular flexibility index (Phi) is 5.65. The van der Waals surface area contributed by atoms with Gasteiger partial charge in [-0.1, -0.05) is 41.9 Å². The van der Waals surface area contributed by atoms with Gasteiger partial charge in [0, 0.05) is 22.9 Å². The highest BCUT2D eigenvalue weighted by atomic mass is 35.5. The third-order valence-corrected chi connectivity index (χ3v) is 4.94. The lowest BCUT2D eigenvalue weighted by atomic mass is 10.1. The number of benzene rings is 2. The fourth-order valence-electron chi connectivity index (χ4n) is 3.25. The van der Waals surface area contributed by atoms with Crippen molar-refractivity contribution in [3.05, 3.63) is 99.2 Å². The highest BCUT2D eigenvalue weighted by Gasteiger charge is 2.21. The predicted octanol–water partition coefficient (Wildman–Crippen LogP) is 5.58. The van der Waals surface area contributed by atoms with Crippen molar-refractivity contribution in [3.8, 4) is 17.3 Å². The van der Waals surface area contributed by atoms with Gasteiger partial charge in [0.1, 0.15) is 17.2 Å². The molecule has 0 atom stereocenters. The van der Waals surface area contributed by atoms with Gasteiger partial charge in [0.25, 0.3) is 5.69 Å². The molecule has 0 unspecified atom stereocenters. The molecule has 7 nitrogen and oxygen atoms in total. The van der Waals surface area contributed by atoms with E-state index in [2.05, 4.69) is 16.4 Å². The molecule has 0 aliphatic carbocycles. The number of imidazole rings is 1. The van der Waals surface area contributed by atoms with Crippen molar-refractivity contribution in [2.45, 2.75) is 0 Å². The molecule has 0 spiro atoms.